The van der Waals surface area contributed by atoms with E-state index in [-0.39, 0.29) is 23.2 Å². The summed E-state index contributed by atoms with van der Waals surface area (Å²) in [5.41, 5.74) is 5.59. The molecule has 1 aromatic carbocycles. The van der Waals surface area contributed by atoms with E-state index in [1.165, 1.54) is 12.1 Å². The average Bonchev–Trinajstić information content (AvgIpc) is 2.20. The van der Waals surface area contributed by atoms with E-state index in [2.05, 4.69) is 5.32 Å². The average molecular weight is 258 g/mol. The molecule has 0 fully saturated rings. The number of halogens is 1. The highest BCUT2D eigenvalue weighted by Crippen LogP contribution is 2.12. The van der Waals surface area contributed by atoms with Crippen molar-refractivity contribution in [3.05, 3.63) is 29.6 Å². The third-order valence-electron chi connectivity index (χ3n) is 2.12. The van der Waals surface area contributed by atoms with E-state index in [9.17, 15) is 13.4 Å². The van der Waals surface area contributed by atoms with Crippen molar-refractivity contribution in [1.82, 2.24) is 5.32 Å². The Labute approximate surface area is 102 Å². The first kappa shape index (κ1) is 13.6. The van der Waals surface area contributed by atoms with Crippen molar-refractivity contribution in [3.8, 4) is 0 Å². The summed E-state index contributed by atoms with van der Waals surface area (Å²) in [6.45, 7) is 1.76. The number of carbonyl (C=O) groups is 1. The minimum Gasteiger partial charge on any atom is -0.396 e. The second kappa shape index (κ2) is 5.77. The van der Waals surface area contributed by atoms with Gasteiger partial charge in [0.1, 0.15) is 5.82 Å². The van der Waals surface area contributed by atoms with Crippen LogP contribution in [0.3, 0.4) is 0 Å². The third-order valence-corrected chi connectivity index (χ3v) is 3.09. The molecule has 0 bridgehead atoms. The van der Waals surface area contributed by atoms with Gasteiger partial charge in [-0.25, -0.2) is 4.39 Å². The van der Waals surface area contributed by atoms with Crippen molar-refractivity contribution in [3.63, 3.8) is 0 Å². The predicted octanol–water partition coefficient (Wildman–Crippen LogP) is 0.905. The van der Waals surface area contributed by atoms with Gasteiger partial charge in [0.05, 0.1) is 5.69 Å². The molecule has 0 saturated heterocycles. The minimum atomic E-state index is -0.976. The Balaban J connectivity index is 2.70. The topological polar surface area (TPSA) is 72.2 Å². The van der Waals surface area contributed by atoms with Gasteiger partial charge >= 0.3 is 0 Å². The summed E-state index contributed by atoms with van der Waals surface area (Å²) >= 11 is 0. The van der Waals surface area contributed by atoms with Gasteiger partial charge < -0.3 is 11.1 Å². The maximum Gasteiger partial charge on any atom is 0.251 e. The van der Waals surface area contributed by atoms with Gasteiger partial charge in [-0.05, 0) is 25.1 Å². The van der Waals surface area contributed by atoms with Gasteiger partial charge in [0.2, 0.25) is 0 Å². The molecule has 6 heteroatoms. The summed E-state index contributed by atoms with van der Waals surface area (Å²) in [5, 5.41) is 2.66. The lowest BCUT2D eigenvalue weighted by molar-refractivity contribution is 0.0943. The van der Waals surface area contributed by atoms with E-state index < -0.39 is 16.6 Å². The smallest absolute Gasteiger partial charge is 0.251 e. The molecule has 0 aliphatic rings. The van der Waals surface area contributed by atoms with Gasteiger partial charge in [0.15, 0.2) is 0 Å². The molecular weight excluding hydrogens is 243 g/mol. The van der Waals surface area contributed by atoms with Crippen molar-refractivity contribution < 1.29 is 13.4 Å². The maximum absolute atomic E-state index is 12.9. The number of anilines is 1. The first-order valence-electron chi connectivity index (χ1n) is 5.06. The van der Waals surface area contributed by atoms with Crippen LogP contribution in [0.1, 0.15) is 17.3 Å². The summed E-state index contributed by atoms with van der Waals surface area (Å²) < 4.78 is 23.9. The fraction of sp³-hybridized carbons (Fsp3) is 0.364. The number of amides is 1. The number of nitrogen functional groups attached to an aromatic ring is 1. The van der Waals surface area contributed by atoms with Crippen molar-refractivity contribution in [2.45, 2.75) is 13.0 Å². The molecule has 1 rings (SSSR count). The molecule has 0 saturated carbocycles. The third kappa shape index (κ3) is 4.14. The van der Waals surface area contributed by atoms with Crippen LogP contribution in [-0.2, 0) is 10.8 Å². The van der Waals surface area contributed by atoms with E-state index >= 15 is 0 Å². The first-order valence-corrected chi connectivity index (χ1v) is 6.78. The van der Waals surface area contributed by atoms with Crippen molar-refractivity contribution in [2.75, 3.05) is 17.7 Å². The number of benzene rings is 1. The Morgan fingerprint density at radius 2 is 2.24 bits per heavy atom. The molecule has 4 nitrogen and oxygen atoms in total. The molecule has 0 radical (unpaired) electrons. The minimum absolute atomic E-state index is 0.0654. The molecule has 0 aromatic heterocycles. The van der Waals surface area contributed by atoms with Crippen molar-refractivity contribution in [1.29, 1.82) is 0 Å². The maximum atomic E-state index is 12.9. The molecule has 0 spiro atoms. The Kier molecular flexibility index (Phi) is 4.62. The van der Waals surface area contributed by atoms with Crippen LogP contribution in [0.15, 0.2) is 18.2 Å². The predicted molar refractivity (Wildman–Crippen MR) is 66.7 cm³/mol. The Morgan fingerprint density at radius 1 is 1.59 bits per heavy atom. The lowest BCUT2D eigenvalue weighted by Crippen LogP contribution is -2.36. The standard InChI is InChI=1S/C11H15FN2O2S/c1-7(6-17(2)16)14-11(15)8-3-4-9(12)10(13)5-8/h3-5,7H,6,13H2,1-2H3,(H,14,15). The molecule has 94 valence electrons. The highest BCUT2D eigenvalue weighted by Gasteiger charge is 2.12. The molecule has 1 aromatic rings. The van der Waals surface area contributed by atoms with Crippen molar-refractivity contribution >= 4 is 22.4 Å². The van der Waals surface area contributed by atoms with E-state index in [1.807, 2.05) is 0 Å². The van der Waals surface area contributed by atoms with Crippen LogP contribution in [0, 0.1) is 5.82 Å². The number of rotatable bonds is 4. The van der Waals surface area contributed by atoms with E-state index in [0.717, 1.165) is 6.07 Å². The molecule has 0 aliphatic heterocycles. The summed E-state index contributed by atoms with van der Waals surface area (Å²) in [7, 11) is -0.976. The highest BCUT2D eigenvalue weighted by atomic mass is 32.2. The second-order valence-electron chi connectivity index (χ2n) is 3.85. The SMILES string of the molecule is CC(CS(C)=O)NC(=O)c1ccc(F)c(N)c1. The zero-order valence-corrected chi connectivity index (χ0v) is 10.5. The van der Waals surface area contributed by atoms with Crippen LogP contribution in [0.25, 0.3) is 0 Å². The lowest BCUT2D eigenvalue weighted by Gasteiger charge is -2.12. The van der Waals surface area contributed by atoms with Crippen LogP contribution in [-0.4, -0.2) is 28.2 Å². The van der Waals surface area contributed by atoms with E-state index in [1.54, 1.807) is 13.2 Å². The molecule has 3 N–H and O–H groups in total. The van der Waals surface area contributed by atoms with Crippen LogP contribution in [0.5, 0.6) is 0 Å². The van der Waals surface area contributed by atoms with Gasteiger partial charge in [-0.3, -0.25) is 9.00 Å². The van der Waals surface area contributed by atoms with Crippen LogP contribution in [0.2, 0.25) is 0 Å². The van der Waals surface area contributed by atoms with Gasteiger partial charge in [-0.2, -0.15) is 0 Å². The molecule has 2 unspecified atom stereocenters. The van der Waals surface area contributed by atoms with Crippen molar-refractivity contribution in [2.24, 2.45) is 0 Å². The van der Waals surface area contributed by atoms with Crippen LogP contribution in [0.4, 0.5) is 10.1 Å². The van der Waals surface area contributed by atoms with Crippen LogP contribution < -0.4 is 11.1 Å². The molecule has 0 heterocycles. The van der Waals surface area contributed by atoms with E-state index in [0.29, 0.717) is 5.75 Å². The van der Waals surface area contributed by atoms with Gasteiger partial charge in [0.25, 0.3) is 5.91 Å². The first-order chi connectivity index (χ1) is 7.90. The highest BCUT2D eigenvalue weighted by molar-refractivity contribution is 7.84. The lowest BCUT2D eigenvalue weighted by atomic mass is 10.1. The molecule has 17 heavy (non-hydrogen) atoms. The number of nitrogens with two attached hydrogens (primary N) is 1. The number of hydrogen-bond acceptors (Lipinski definition) is 3. The van der Waals surface area contributed by atoms with E-state index in [4.69, 9.17) is 5.73 Å². The van der Waals surface area contributed by atoms with Gasteiger partial charge in [-0.1, -0.05) is 0 Å². The molecule has 0 aliphatic carbocycles. The molecular formula is C11H15FN2O2S. The monoisotopic (exact) mass is 258 g/mol. The fourth-order valence-corrected chi connectivity index (χ4v) is 2.17. The summed E-state index contributed by atoms with van der Waals surface area (Å²) in [5.74, 6) is -0.526. The second-order valence-corrected chi connectivity index (χ2v) is 5.33. The summed E-state index contributed by atoms with van der Waals surface area (Å²) in [6.07, 6.45) is 1.57. The molecule has 1 amide bonds. The Hall–Kier alpha value is -1.43. The number of carbonyl (C=O) groups excluding carboxylic acids is 1. The Bertz CT molecular complexity index is 451. The molecule has 2 atom stereocenters. The zero-order valence-electron chi connectivity index (χ0n) is 9.70. The van der Waals surface area contributed by atoms with Gasteiger partial charge in [0, 0.05) is 34.4 Å². The largest absolute Gasteiger partial charge is 0.396 e. The normalized spacial score (nSPS) is 14.1. The number of nitrogens with one attached hydrogen (secondary N) is 1. The summed E-state index contributed by atoms with van der Waals surface area (Å²) in [6, 6.07) is 3.57. The van der Waals surface area contributed by atoms with Crippen LogP contribution >= 0.6 is 0 Å². The summed E-state index contributed by atoms with van der Waals surface area (Å²) in [4.78, 5) is 11.7. The number of hydrogen-bond donors (Lipinski definition) is 2. The quantitative estimate of drug-likeness (QED) is 0.788. The fourth-order valence-electron chi connectivity index (χ4n) is 1.39. The zero-order chi connectivity index (χ0) is 13.0. The Morgan fingerprint density at radius 3 is 2.76 bits per heavy atom. The van der Waals surface area contributed by atoms with Gasteiger partial charge in [-0.15, -0.1) is 0 Å².